The second-order valence-electron chi connectivity index (χ2n) is 6.04. The first-order chi connectivity index (χ1) is 9.81. The van der Waals surface area contributed by atoms with Gasteiger partial charge in [-0.05, 0) is 59.0 Å². The molecule has 0 aromatic heterocycles. The van der Waals surface area contributed by atoms with E-state index in [1.165, 1.54) is 0 Å². The summed E-state index contributed by atoms with van der Waals surface area (Å²) in [6.07, 6.45) is 1.24. The van der Waals surface area contributed by atoms with E-state index in [0.717, 1.165) is 13.0 Å². The average Bonchev–Trinajstić information content (AvgIpc) is 2.37. The fourth-order valence-corrected chi connectivity index (χ4v) is 1.80. The van der Waals surface area contributed by atoms with Crippen LogP contribution in [0.5, 0.6) is 0 Å². The number of rotatable bonds is 6. The molecule has 116 valence electrons. The van der Waals surface area contributed by atoms with Gasteiger partial charge in [0.1, 0.15) is 0 Å². The van der Waals surface area contributed by atoms with Gasteiger partial charge in [-0.1, -0.05) is 6.07 Å². The SMILES string of the molecule is CNCCCC(=O)Nc1cccc(C(=O)NC(C)(C)C)c1. The number of amides is 2. The van der Waals surface area contributed by atoms with Crippen LogP contribution in [0, 0.1) is 0 Å². The highest BCUT2D eigenvalue weighted by atomic mass is 16.2. The van der Waals surface area contributed by atoms with Crippen molar-refractivity contribution < 1.29 is 9.59 Å². The Kier molecular flexibility index (Phi) is 6.37. The summed E-state index contributed by atoms with van der Waals surface area (Å²) in [5, 5.41) is 8.71. The van der Waals surface area contributed by atoms with Gasteiger partial charge < -0.3 is 16.0 Å². The van der Waals surface area contributed by atoms with E-state index in [1.807, 2.05) is 27.8 Å². The highest BCUT2D eigenvalue weighted by molar-refractivity contribution is 5.97. The summed E-state index contributed by atoms with van der Waals surface area (Å²) >= 11 is 0. The maximum Gasteiger partial charge on any atom is 0.251 e. The van der Waals surface area contributed by atoms with Gasteiger partial charge in [0.2, 0.25) is 5.91 Å². The molecule has 5 heteroatoms. The Hall–Kier alpha value is -1.88. The van der Waals surface area contributed by atoms with E-state index >= 15 is 0 Å². The molecule has 1 aromatic rings. The maximum atomic E-state index is 12.1. The molecule has 0 saturated carbocycles. The van der Waals surface area contributed by atoms with Gasteiger partial charge in [0.25, 0.3) is 5.91 Å². The molecule has 0 radical (unpaired) electrons. The Morgan fingerprint density at radius 3 is 2.52 bits per heavy atom. The van der Waals surface area contributed by atoms with Gasteiger partial charge in [-0.2, -0.15) is 0 Å². The first-order valence-corrected chi connectivity index (χ1v) is 7.19. The second kappa shape index (κ2) is 7.78. The van der Waals surface area contributed by atoms with Crippen LogP contribution < -0.4 is 16.0 Å². The summed E-state index contributed by atoms with van der Waals surface area (Å²) < 4.78 is 0. The summed E-state index contributed by atoms with van der Waals surface area (Å²) in [4.78, 5) is 23.8. The Balaban J connectivity index is 2.64. The van der Waals surface area contributed by atoms with Crippen LogP contribution in [-0.4, -0.2) is 30.9 Å². The zero-order valence-electron chi connectivity index (χ0n) is 13.2. The van der Waals surface area contributed by atoms with Crippen molar-refractivity contribution in [2.24, 2.45) is 0 Å². The third-order valence-corrected chi connectivity index (χ3v) is 2.73. The molecule has 0 aliphatic heterocycles. The lowest BCUT2D eigenvalue weighted by Crippen LogP contribution is -2.40. The summed E-state index contributed by atoms with van der Waals surface area (Å²) in [6, 6.07) is 6.97. The topological polar surface area (TPSA) is 70.2 Å². The molecular formula is C16H25N3O2. The molecule has 3 N–H and O–H groups in total. The molecule has 21 heavy (non-hydrogen) atoms. The largest absolute Gasteiger partial charge is 0.347 e. The third kappa shape index (κ3) is 6.90. The molecule has 0 unspecified atom stereocenters. The van der Waals surface area contributed by atoms with Gasteiger partial charge in [-0.3, -0.25) is 9.59 Å². The molecule has 1 aromatic carbocycles. The monoisotopic (exact) mass is 291 g/mol. The summed E-state index contributed by atoms with van der Waals surface area (Å²) in [7, 11) is 1.86. The molecule has 0 aliphatic rings. The first-order valence-electron chi connectivity index (χ1n) is 7.19. The molecule has 1 rings (SSSR count). The number of nitrogens with one attached hydrogen (secondary N) is 3. The number of carbonyl (C=O) groups is 2. The zero-order chi connectivity index (χ0) is 15.9. The minimum Gasteiger partial charge on any atom is -0.347 e. The van der Waals surface area contributed by atoms with Crippen LogP contribution in [0.15, 0.2) is 24.3 Å². The predicted molar refractivity (Wildman–Crippen MR) is 85.5 cm³/mol. The van der Waals surface area contributed by atoms with E-state index in [1.54, 1.807) is 24.3 Å². The van der Waals surface area contributed by atoms with Crippen LogP contribution >= 0.6 is 0 Å². The quantitative estimate of drug-likeness (QED) is 0.703. The molecule has 0 heterocycles. The van der Waals surface area contributed by atoms with E-state index in [9.17, 15) is 9.59 Å². The molecule has 5 nitrogen and oxygen atoms in total. The lowest BCUT2D eigenvalue weighted by Gasteiger charge is -2.20. The number of anilines is 1. The predicted octanol–water partition coefficient (Wildman–Crippen LogP) is 2.15. The molecule has 0 aliphatic carbocycles. The fourth-order valence-electron chi connectivity index (χ4n) is 1.80. The molecule has 0 bridgehead atoms. The van der Waals surface area contributed by atoms with Crippen molar-refractivity contribution in [2.45, 2.75) is 39.2 Å². The first kappa shape index (κ1) is 17.2. The lowest BCUT2D eigenvalue weighted by molar-refractivity contribution is -0.116. The minimum absolute atomic E-state index is 0.0429. The van der Waals surface area contributed by atoms with Crippen molar-refractivity contribution in [3.8, 4) is 0 Å². The van der Waals surface area contributed by atoms with Crippen molar-refractivity contribution in [1.82, 2.24) is 10.6 Å². The molecule has 0 fully saturated rings. The second-order valence-corrected chi connectivity index (χ2v) is 6.04. The van der Waals surface area contributed by atoms with Gasteiger partial charge in [-0.25, -0.2) is 0 Å². The lowest BCUT2D eigenvalue weighted by atomic mass is 10.1. The van der Waals surface area contributed by atoms with Gasteiger partial charge in [0.15, 0.2) is 0 Å². The molecule has 0 atom stereocenters. The standard InChI is InChI=1S/C16H25N3O2/c1-16(2,3)19-15(21)12-7-5-8-13(11-12)18-14(20)9-6-10-17-4/h5,7-8,11,17H,6,9-10H2,1-4H3,(H,18,20)(H,19,21). The van der Waals surface area contributed by atoms with E-state index in [4.69, 9.17) is 0 Å². The molecule has 2 amide bonds. The number of hydrogen-bond acceptors (Lipinski definition) is 3. The maximum absolute atomic E-state index is 12.1. The number of benzene rings is 1. The van der Waals surface area contributed by atoms with Crippen LogP contribution in [0.25, 0.3) is 0 Å². The highest BCUT2D eigenvalue weighted by Crippen LogP contribution is 2.12. The Morgan fingerprint density at radius 2 is 1.90 bits per heavy atom. The van der Waals surface area contributed by atoms with E-state index in [0.29, 0.717) is 17.7 Å². The van der Waals surface area contributed by atoms with E-state index < -0.39 is 0 Å². The average molecular weight is 291 g/mol. The van der Waals surface area contributed by atoms with Crippen LogP contribution in [0.2, 0.25) is 0 Å². The van der Waals surface area contributed by atoms with Crippen molar-refractivity contribution in [1.29, 1.82) is 0 Å². The Bertz CT molecular complexity index is 493. The zero-order valence-corrected chi connectivity index (χ0v) is 13.2. The smallest absolute Gasteiger partial charge is 0.251 e. The molecule has 0 saturated heterocycles. The number of carbonyl (C=O) groups excluding carboxylic acids is 2. The number of hydrogen-bond donors (Lipinski definition) is 3. The van der Waals surface area contributed by atoms with Gasteiger partial charge in [-0.15, -0.1) is 0 Å². The molecule has 0 spiro atoms. The Labute approximate surface area is 126 Å². The van der Waals surface area contributed by atoms with E-state index in [2.05, 4.69) is 16.0 Å². The van der Waals surface area contributed by atoms with Crippen LogP contribution in [0.4, 0.5) is 5.69 Å². The van der Waals surface area contributed by atoms with Crippen LogP contribution in [0.3, 0.4) is 0 Å². The summed E-state index contributed by atoms with van der Waals surface area (Å²) in [5.74, 6) is -0.188. The van der Waals surface area contributed by atoms with Crippen LogP contribution in [-0.2, 0) is 4.79 Å². The van der Waals surface area contributed by atoms with Crippen molar-refractivity contribution >= 4 is 17.5 Å². The summed E-state index contributed by atoms with van der Waals surface area (Å²) in [5.41, 5.74) is 0.896. The van der Waals surface area contributed by atoms with Crippen LogP contribution in [0.1, 0.15) is 44.0 Å². The van der Waals surface area contributed by atoms with Gasteiger partial charge in [0, 0.05) is 23.2 Å². The van der Waals surface area contributed by atoms with E-state index in [-0.39, 0.29) is 17.4 Å². The van der Waals surface area contributed by atoms with Gasteiger partial charge in [0.05, 0.1) is 0 Å². The third-order valence-electron chi connectivity index (χ3n) is 2.73. The van der Waals surface area contributed by atoms with Crippen molar-refractivity contribution in [3.05, 3.63) is 29.8 Å². The van der Waals surface area contributed by atoms with Crippen molar-refractivity contribution in [2.75, 3.05) is 18.9 Å². The van der Waals surface area contributed by atoms with Crippen molar-refractivity contribution in [3.63, 3.8) is 0 Å². The summed E-state index contributed by atoms with van der Waals surface area (Å²) in [6.45, 7) is 6.59. The molecular weight excluding hydrogens is 266 g/mol. The fraction of sp³-hybridized carbons (Fsp3) is 0.500. The minimum atomic E-state index is -0.288. The van der Waals surface area contributed by atoms with Gasteiger partial charge >= 0.3 is 0 Å². The highest BCUT2D eigenvalue weighted by Gasteiger charge is 2.15. The Morgan fingerprint density at radius 1 is 1.19 bits per heavy atom. The normalized spacial score (nSPS) is 11.0.